The van der Waals surface area contributed by atoms with Crippen LogP contribution < -0.4 is 0 Å². The normalized spacial score (nSPS) is 22.8. The zero-order valence-corrected chi connectivity index (χ0v) is 11.8. The van der Waals surface area contributed by atoms with Crippen LogP contribution >= 0.6 is 11.8 Å². The maximum atomic E-state index is 8.93. The molecule has 0 aliphatic heterocycles. The molecule has 2 aromatic heterocycles. The van der Waals surface area contributed by atoms with Gasteiger partial charge in [0.25, 0.3) is 5.78 Å². The van der Waals surface area contributed by atoms with E-state index >= 15 is 0 Å². The first-order chi connectivity index (χ1) is 9.15. The molecule has 3 rings (SSSR count). The van der Waals surface area contributed by atoms with E-state index in [2.05, 4.69) is 21.1 Å². The Labute approximate surface area is 116 Å². The zero-order valence-electron chi connectivity index (χ0n) is 11.0. The first kappa shape index (κ1) is 12.4. The molecule has 2 heterocycles. The predicted octanol–water partition coefficient (Wildman–Crippen LogP) is 2.53. The second-order valence-corrected chi connectivity index (χ2v) is 6.29. The first-order valence-electron chi connectivity index (χ1n) is 6.43. The summed E-state index contributed by atoms with van der Waals surface area (Å²) in [5.74, 6) is 0.867. The van der Waals surface area contributed by atoms with E-state index < -0.39 is 0 Å². The minimum absolute atomic E-state index is 0.205. The van der Waals surface area contributed by atoms with Crippen molar-refractivity contribution >= 4 is 17.5 Å². The van der Waals surface area contributed by atoms with E-state index in [1.807, 2.05) is 19.9 Å². The van der Waals surface area contributed by atoms with Gasteiger partial charge in [0.05, 0.1) is 6.07 Å². The van der Waals surface area contributed by atoms with Crippen LogP contribution in [0.1, 0.15) is 30.7 Å². The second-order valence-electron chi connectivity index (χ2n) is 5.02. The highest BCUT2D eigenvalue weighted by Crippen LogP contribution is 2.36. The molecule has 2 atom stereocenters. The molecule has 0 N–H and O–H groups in total. The van der Waals surface area contributed by atoms with Gasteiger partial charge in [0.2, 0.25) is 5.16 Å². The number of aryl methyl sites for hydroxylation is 2. The van der Waals surface area contributed by atoms with Gasteiger partial charge < -0.3 is 0 Å². The van der Waals surface area contributed by atoms with Crippen LogP contribution in [0.3, 0.4) is 0 Å². The smallest absolute Gasteiger partial charge is 0.216 e. The van der Waals surface area contributed by atoms with Crippen molar-refractivity contribution in [3.8, 4) is 6.07 Å². The van der Waals surface area contributed by atoms with E-state index in [4.69, 9.17) is 5.26 Å². The van der Waals surface area contributed by atoms with Gasteiger partial charge in [0.1, 0.15) is 0 Å². The first-order valence-corrected chi connectivity index (χ1v) is 7.31. The van der Waals surface area contributed by atoms with Crippen LogP contribution in [0.4, 0.5) is 0 Å². The van der Waals surface area contributed by atoms with Crippen LogP contribution in [0, 0.1) is 31.1 Å². The Kier molecular flexibility index (Phi) is 3.15. The van der Waals surface area contributed by atoms with Crippen molar-refractivity contribution in [3.63, 3.8) is 0 Å². The molecule has 0 amide bonds. The molecule has 19 heavy (non-hydrogen) atoms. The van der Waals surface area contributed by atoms with Gasteiger partial charge >= 0.3 is 0 Å². The number of fused-ring (bicyclic) bond motifs is 1. The summed E-state index contributed by atoms with van der Waals surface area (Å²) in [6.07, 6.45) is 3.02. The fraction of sp³-hybridized carbons (Fsp3) is 0.538. The monoisotopic (exact) mass is 273 g/mol. The van der Waals surface area contributed by atoms with Crippen LogP contribution in [-0.4, -0.2) is 24.8 Å². The van der Waals surface area contributed by atoms with Gasteiger partial charge in [0.15, 0.2) is 0 Å². The van der Waals surface area contributed by atoms with Gasteiger partial charge in [-0.25, -0.2) is 9.50 Å². The second kappa shape index (κ2) is 4.82. The van der Waals surface area contributed by atoms with Crippen molar-refractivity contribution < 1.29 is 0 Å². The highest BCUT2D eigenvalue weighted by Gasteiger charge is 2.26. The van der Waals surface area contributed by atoms with E-state index in [1.165, 1.54) is 0 Å². The summed E-state index contributed by atoms with van der Waals surface area (Å²) in [5, 5.41) is 14.6. The van der Waals surface area contributed by atoms with E-state index in [1.54, 1.807) is 16.3 Å². The summed E-state index contributed by atoms with van der Waals surface area (Å²) in [6.45, 7) is 3.97. The molecular formula is C13H15N5S. The Morgan fingerprint density at radius 1 is 1.37 bits per heavy atom. The maximum Gasteiger partial charge on any atom is 0.253 e. The highest BCUT2D eigenvalue weighted by atomic mass is 32.2. The third-order valence-electron chi connectivity index (χ3n) is 3.44. The summed E-state index contributed by atoms with van der Waals surface area (Å²) < 4.78 is 1.78. The Morgan fingerprint density at radius 3 is 2.95 bits per heavy atom. The fourth-order valence-corrected chi connectivity index (χ4v) is 3.66. The summed E-state index contributed by atoms with van der Waals surface area (Å²) in [5.41, 5.74) is 2.00. The summed E-state index contributed by atoms with van der Waals surface area (Å²) >= 11 is 1.68. The number of nitrogens with zero attached hydrogens (tertiary/aromatic N) is 5. The summed E-state index contributed by atoms with van der Waals surface area (Å²) in [6, 6.07) is 4.35. The molecule has 0 spiro atoms. The average Bonchev–Trinajstić information content (AvgIpc) is 2.96. The molecule has 1 saturated carbocycles. The van der Waals surface area contributed by atoms with Crippen LogP contribution in [0.15, 0.2) is 11.2 Å². The molecule has 0 bridgehead atoms. The maximum absolute atomic E-state index is 8.93. The standard InChI is InChI=1S/C13H15N5S/c1-8-5-9(2)18-12(15-8)16-13(17-18)19-11-4-3-10(6-11)7-14/h5,10-11H,3-4,6H2,1-2H3/t10-,11+/m1/s1. The number of nitriles is 1. The van der Waals surface area contributed by atoms with E-state index in [0.29, 0.717) is 11.0 Å². The van der Waals surface area contributed by atoms with Crippen molar-refractivity contribution in [2.45, 2.75) is 43.5 Å². The van der Waals surface area contributed by atoms with Gasteiger partial charge in [-0.3, -0.25) is 0 Å². The molecule has 0 radical (unpaired) electrons. The van der Waals surface area contributed by atoms with Gasteiger partial charge in [-0.1, -0.05) is 11.8 Å². The number of aromatic nitrogens is 4. The van der Waals surface area contributed by atoms with Crippen LogP contribution in [0.2, 0.25) is 0 Å². The molecule has 0 unspecified atom stereocenters. The van der Waals surface area contributed by atoms with Gasteiger partial charge in [0, 0.05) is 22.6 Å². The molecule has 2 aromatic rings. The van der Waals surface area contributed by atoms with E-state index in [0.717, 1.165) is 35.8 Å². The van der Waals surface area contributed by atoms with E-state index in [9.17, 15) is 0 Å². The highest BCUT2D eigenvalue weighted by molar-refractivity contribution is 7.99. The van der Waals surface area contributed by atoms with Crippen molar-refractivity contribution in [1.29, 1.82) is 5.26 Å². The minimum Gasteiger partial charge on any atom is -0.216 e. The van der Waals surface area contributed by atoms with Crippen molar-refractivity contribution in [2.24, 2.45) is 5.92 Å². The summed E-state index contributed by atoms with van der Waals surface area (Å²) in [7, 11) is 0. The third kappa shape index (κ3) is 2.43. The summed E-state index contributed by atoms with van der Waals surface area (Å²) in [4.78, 5) is 8.86. The largest absolute Gasteiger partial charge is 0.253 e. The van der Waals surface area contributed by atoms with Crippen LogP contribution in [0.25, 0.3) is 5.78 Å². The SMILES string of the molecule is Cc1cc(C)n2nc(S[C@H]3CC[C@@H](C#N)C3)nc2n1. The Morgan fingerprint density at radius 2 is 2.21 bits per heavy atom. The Balaban J connectivity index is 1.83. The van der Waals surface area contributed by atoms with Gasteiger partial charge in [-0.2, -0.15) is 10.2 Å². The molecule has 0 aromatic carbocycles. The number of hydrogen-bond acceptors (Lipinski definition) is 5. The molecule has 6 heteroatoms. The topological polar surface area (TPSA) is 66.9 Å². The molecule has 1 fully saturated rings. The van der Waals surface area contributed by atoms with Crippen molar-refractivity contribution in [1.82, 2.24) is 19.6 Å². The molecule has 98 valence electrons. The van der Waals surface area contributed by atoms with Gasteiger partial charge in [-0.15, -0.1) is 5.10 Å². The molecule has 5 nitrogen and oxygen atoms in total. The lowest BCUT2D eigenvalue weighted by atomic mass is 10.1. The third-order valence-corrected chi connectivity index (χ3v) is 4.58. The molecule has 1 aliphatic rings. The molecular weight excluding hydrogens is 258 g/mol. The van der Waals surface area contributed by atoms with Crippen LogP contribution in [0.5, 0.6) is 0 Å². The number of thioether (sulfide) groups is 1. The lowest BCUT2D eigenvalue weighted by Gasteiger charge is -2.03. The quantitative estimate of drug-likeness (QED) is 0.841. The number of rotatable bonds is 2. The van der Waals surface area contributed by atoms with Crippen molar-refractivity contribution in [2.75, 3.05) is 0 Å². The minimum atomic E-state index is 0.205. The van der Waals surface area contributed by atoms with Crippen LogP contribution in [-0.2, 0) is 0 Å². The van der Waals surface area contributed by atoms with E-state index in [-0.39, 0.29) is 5.92 Å². The number of hydrogen-bond donors (Lipinski definition) is 0. The fourth-order valence-electron chi connectivity index (χ4n) is 2.51. The van der Waals surface area contributed by atoms with Gasteiger partial charge in [-0.05, 0) is 39.2 Å². The zero-order chi connectivity index (χ0) is 13.4. The average molecular weight is 273 g/mol. The lowest BCUT2D eigenvalue weighted by molar-refractivity contribution is 0.702. The molecule has 1 aliphatic carbocycles. The Hall–Kier alpha value is -1.61. The lowest BCUT2D eigenvalue weighted by Crippen LogP contribution is -1.98. The predicted molar refractivity (Wildman–Crippen MR) is 72.9 cm³/mol. The molecule has 0 saturated heterocycles. The van der Waals surface area contributed by atoms with Crippen molar-refractivity contribution in [3.05, 3.63) is 17.5 Å². The Bertz CT molecular complexity index is 657.